The molecular weight excluding hydrogens is 282 g/mol. The minimum Gasteiger partial charge on any atom is -0.497 e. The van der Waals surface area contributed by atoms with E-state index in [9.17, 15) is 0 Å². The van der Waals surface area contributed by atoms with Crippen LogP contribution in [0.3, 0.4) is 0 Å². The maximum absolute atomic E-state index is 5.85. The van der Waals surface area contributed by atoms with E-state index in [1.54, 1.807) is 18.4 Å². The topological polar surface area (TPSA) is 61.0 Å². The Bertz CT molecular complexity index is 765. The fourth-order valence-electron chi connectivity index (χ4n) is 2.07. The summed E-state index contributed by atoms with van der Waals surface area (Å²) in [7, 11) is 1.65. The number of benzene rings is 1. The normalized spacial score (nSPS) is 10.6. The summed E-state index contributed by atoms with van der Waals surface area (Å²) in [5.74, 6) is 1.10. The van der Waals surface area contributed by atoms with Gasteiger partial charge in [-0.3, -0.25) is 0 Å². The van der Waals surface area contributed by atoms with E-state index < -0.39 is 0 Å². The number of nitrogen functional groups attached to an aromatic ring is 1. The van der Waals surface area contributed by atoms with Gasteiger partial charge in [0, 0.05) is 10.4 Å². The van der Waals surface area contributed by atoms with Crippen molar-refractivity contribution in [3.63, 3.8) is 0 Å². The van der Waals surface area contributed by atoms with Crippen LogP contribution in [-0.2, 0) is 0 Å². The first kappa shape index (κ1) is 13.6. The Labute approximate surface area is 127 Å². The summed E-state index contributed by atoms with van der Waals surface area (Å²) in [5, 5.41) is 0. The predicted octanol–water partition coefficient (Wildman–Crippen LogP) is 3.77. The number of aryl methyl sites for hydroxylation is 1. The van der Waals surface area contributed by atoms with Gasteiger partial charge in [0.1, 0.15) is 5.75 Å². The largest absolute Gasteiger partial charge is 0.497 e. The van der Waals surface area contributed by atoms with Crippen LogP contribution in [0.25, 0.3) is 21.8 Å². The molecule has 0 aliphatic heterocycles. The highest BCUT2D eigenvalue weighted by Crippen LogP contribution is 2.30. The van der Waals surface area contributed by atoms with Crippen molar-refractivity contribution < 1.29 is 4.74 Å². The molecule has 4 nitrogen and oxygen atoms in total. The number of nitrogens with two attached hydrogens (primary N) is 1. The highest BCUT2D eigenvalue weighted by molar-refractivity contribution is 7.15. The third kappa shape index (κ3) is 2.87. The molecule has 0 fully saturated rings. The molecule has 2 heterocycles. The summed E-state index contributed by atoms with van der Waals surface area (Å²) < 4.78 is 5.17. The number of rotatable bonds is 3. The Morgan fingerprint density at radius 1 is 1.00 bits per heavy atom. The highest BCUT2D eigenvalue weighted by Gasteiger charge is 2.08. The van der Waals surface area contributed by atoms with Crippen molar-refractivity contribution in [1.29, 1.82) is 0 Å². The molecule has 0 bridgehead atoms. The summed E-state index contributed by atoms with van der Waals surface area (Å²) in [5.41, 5.74) is 8.50. The van der Waals surface area contributed by atoms with Crippen LogP contribution >= 0.6 is 11.3 Å². The summed E-state index contributed by atoms with van der Waals surface area (Å²) in [6, 6.07) is 13.8. The number of hydrogen-bond acceptors (Lipinski definition) is 5. The van der Waals surface area contributed by atoms with Gasteiger partial charge in [-0.15, -0.1) is 11.3 Å². The van der Waals surface area contributed by atoms with E-state index >= 15 is 0 Å². The van der Waals surface area contributed by atoms with Crippen LogP contribution < -0.4 is 10.5 Å². The highest BCUT2D eigenvalue weighted by atomic mass is 32.1. The van der Waals surface area contributed by atoms with E-state index in [2.05, 4.69) is 29.0 Å². The van der Waals surface area contributed by atoms with E-state index in [1.165, 1.54) is 4.88 Å². The van der Waals surface area contributed by atoms with E-state index in [0.29, 0.717) is 0 Å². The lowest BCUT2D eigenvalue weighted by Crippen LogP contribution is -1.98. The number of aromatic nitrogens is 2. The Balaban J connectivity index is 2.04. The van der Waals surface area contributed by atoms with Crippen LogP contribution in [0.2, 0.25) is 0 Å². The van der Waals surface area contributed by atoms with Crippen molar-refractivity contribution in [2.75, 3.05) is 12.8 Å². The molecule has 0 spiro atoms. The average Bonchev–Trinajstić information content (AvgIpc) is 2.93. The number of anilines is 1. The van der Waals surface area contributed by atoms with Gasteiger partial charge in [-0.25, -0.2) is 9.97 Å². The molecule has 0 radical (unpaired) electrons. The standard InChI is InChI=1S/C16H15N3OS/c1-10-3-8-15(21-10)14-9-13(18-16(17)19-14)11-4-6-12(20-2)7-5-11/h3-9H,1-2H3,(H2,17,18,19). The van der Waals surface area contributed by atoms with E-state index in [0.717, 1.165) is 27.6 Å². The van der Waals surface area contributed by atoms with Crippen molar-refractivity contribution in [3.05, 3.63) is 47.3 Å². The molecule has 0 saturated carbocycles. The second-order valence-electron chi connectivity index (χ2n) is 4.64. The van der Waals surface area contributed by atoms with Crippen LogP contribution in [0, 0.1) is 6.92 Å². The van der Waals surface area contributed by atoms with Gasteiger partial charge in [-0.2, -0.15) is 0 Å². The van der Waals surface area contributed by atoms with Gasteiger partial charge in [0.15, 0.2) is 0 Å². The maximum Gasteiger partial charge on any atom is 0.221 e. The fraction of sp³-hybridized carbons (Fsp3) is 0.125. The van der Waals surface area contributed by atoms with Crippen LogP contribution in [0.15, 0.2) is 42.5 Å². The van der Waals surface area contributed by atoms with Crippen LogP contribution in [-0.4, -0.2) is 17.1 Å². The number of nitrogens with zero attached hydrogens (tertiary/aromatic N) is 2. The van der Waals surface area contributed by atoms with Crippen molar-refractivity contribution in [2.45, 2.75) is 6.92 Å². The molecule has 21 heavy (non-hydrogen) atoms. The van der Waals surface area contributed by atoms with Crippen LogP contribution in [0.4, 0.5) is 5.95 Å². The van der Waals surface area contributed by atoms with E-state index in [4.69, 9.17) is 10.5 Å². The fourth-order valence-corrected chi connectivity index (χ4v) is 2.90. The molecule has 0 amide bonds. The smallest absolute Gasteiger partial charge is 0.221 e. The Morgan fingerprint density at radius 3 is 2.33 bits per heavy atom. The lowest BCUT2D eigenvalue weighted by molar-refractivity contribution is 0.415. The molecule has 3 rings (SSSR count). The molecule has 5 heteroatoms. The Hall–Kier alpha value is -2.40. The quantitative estimate of drug-likeness (QED) is 0.799. The first-order valence-electron chi connectivity index (χ1n) is 6.51. The summed E-state index contributed by atoms with van der Waals surface area (Å²) >= 11 is 1.69. The number of hydrogen-bond donors (Lipinski definition) is 1. The first-order valence-corrected chi connectivity index (χ1v) is 7.33. The van der Waals surface area contributed by atoms with Crippen molar-refractivity contribution in [1.82, 2.24) is 9.97 Å². The maximum atomic E-state index is 5.85. The van der Waals surface area contributed by atoms with Crippen molar-refractivity contribution in [2.24, 2.45) is 0 Å². The van der Waals surface area contributed by atoms with Crippen LogP contribution in [0.5, 0.6) is 5.75 Å². The van der Waals surface area contributed by atoms with Crippen molar-refractivity contribution in [3.8, 4) is 27.6 Å². The SMILES string of the molecule is COc1ccc(-c2cc(-c3ccc(C)s3)nc(N)n2)cc1. The molecule has 106 valence electrons. The van der Waals surface area contributed by atoms with Gasteiger partial charge < -0.3 is 10.5 Å². The molecule has 0 unspecified atom stereocenters. The zero-order chi connectivity index (χ0) is 14.8. The van der Waals surface area contributed by atoms with Gasteiger partial charge in [-0.1, -0.05) is 0 Å². The summed E-state index contributed by atoms with van der Waals surface area (Å²) in [6.45, 7) is 2.07. The molecule has 0 atom stereocenters. The number of methoxy groups -OCH3 is 1. The van der Waals surface area contributed by atoms with Gasteiger partial charge in [0.2, 0.25) is 5.95 Å². The number of thiophene rings is 1. The minimum absolute atomic E-state index is 0.282. The number of ether oxygens (including phenoxy) is 1. The van der Waals surface area contributed by atoms with Gasteiger partial charge in [0.25, 0.3) is 0 Å². The van der Waals surface area contributed by atoms with Gasteiger partial charge in [0.05, 0.1) is 23.4 Å². The zero-order valence-electron chi connectivity index (χ0n) is 11.8. The van der Waals surface area contributed by atoms with E-state index in [-0.39, 0.29) is 5.95 Å². The third-order valence-corrected chi connectivity index (χ3v) is 4.15. The molecule has 2 N–H and O–H groups in total. The average molecular weight is 297 g/mol. The first-order chi connectivity index (χ1) is 10.2. The lowest BCUT2D eigenvalue weighted by atomic mass is 10.1. The zero-order valence-corrected chi connectivity index (χ0v) is 12.6. The van der Waals surface area contributed by atoms with E-state index in [1.807, 2.05) is 30.3 Å². The predicted molar refractivity (Wildman–Crippen MR) is 86.5 cm³/mol. The molecule has 0 aliphatic carbocycles. The molecule has 3 aromatic rings. The minimum atomic E-state index is 0.282. The van der Waals surface area contributed by atoms with Gasteiger partial charge >= 0.3 is 0 Å². The summed E-state index contributed by atoms with van der Waals surface area (Å²) in [4.78, 5) is 11.0. The molecular formula is C16H15N3OS. The van der Waals surface area contributed by atoms with Gasteiger partial charge in [-0.05, 0) is 49.4 Å². The monoisotopic (exact) mass is 297 g/mol. The summed E-state index contributed by atoms with van der Waals surface area (Å²) in [6.07, 6.45) is 0. The van der Waals surface area contributed by atoms with Crippen LogP contribution in [0.1, 0.15) is 4.88 Å². The molecule has 2 aromatic heterocycles. The Kier molecular flexibility index (Phi) is 3.58. The molecule has 1 aromatic carbocycles. The second-order valence-corrected chi connectivity index (χ2v) is 5.92. The Morgan fingerprint density at radius 2 is 1.71 bits per heavy atom. The van der Waals surface area contributed by atoms with Crippen molar-refractivity contribution >= 4 is 17.3 Å². The molecule has 0 saturated heterocycles. The second kappa shape index (κ2) is 5.54. The third-order valence-electron chi connectivity index (χ3n) is 3.12. The molecule has 0 aliphatic rings. The lowest BCUT2D eigenvalue weighted by Gasteiger charge is -2.06.